The van der Waals surface area contributed by atoms with Gasteiger partial charge in [0.05, 0.1) is 25.7 Å². The highest BCUT2D eigenvalue weighted by atomic mass is 79.9. The van der Waals surface area contributed by atoms with Gasteiger partial charge in [-0.1, -0.05) is 15.9 Å². The van der Waals surface area contributed by atoms with E-state index < -0.39 is 25.2 Å². The summed E-state index contributed by atoms with van der Waals surface area (Å²) in [7, 11) is 1.22. The molecular weight excluding hydrogens is 317 g/mol. The molecule has 0 amide bonds. The molecule has 0 bridgehead atoms. The Kier molecular flexibility index (Phi) is 5.01. The molecule has 0 radical (unpaired) electrons. The number of benzene rings is 1. The Balaban J connectivity index is 2.71. The Morgan fingerprint density at radius 3 is 2.56 bits per heavy atom. The van der Waals surface area contributed by atoms with Gasteiger partial charge < -0.3 is 9.47 Å². The SMILES string of the molecule is COC(=O)c1cc(Br)cc(OCCC(F)(F)F)c1. The van der Waals surface area contributed by atoms with Crippen LogP contribution in [0.1, 0.15) is 16.8 Å². The van der Waals surface area contributed by atoms with Crippen molar-refractivity contribution in [1.82, 2.24) is 0 Å². The molecule has 0 N–H and O–H groups in total. The minimum Gasteiger partial charge on any atom is -0.493 e. The first-order chi connectivity index (χ1) is 8.31. The zero-order valence-electron chi connectivity index (χ0n) is 9.38. The molecular formula is C11H10BrF3O3. The summed E-state index contributed by atoms with van der Waals surface area (Å²) in [6, 6.07) is 4.29. The number of halogens is 4. The number of carbonyl (C=O) groups excluding carboxylic acids is 1. The van der Waals surface area contributed by atoms with E-state index in [1.54, 1.807) is 0 Å². The highest BCUT2D eigenvalue weighted by molar-refractivity contribution is 9.10. The van der Waals surface area contributed by atoms with E-state index in [4.69, 9.17) is 4.74 Å². The lowest BCUT2D eigenvalue weighted by Crippen LogP contribution is -2.13. The number of hydrogen-bond acceptors (Lipinski definition) is 3. The fourth-order valence-corrected chi connectivity index (χ4v) is 1.64. The Labute approximate surface area is 110 Å². The summed E-state index contributed by atoms with van der Waals surface area (Å²) in [4.78, 5) is 11.3. The molecule has 0 atom stereocenters. The number of ether oxygens (including phenoxy) is 2. The summed E-state index contributed by atoms with van der Waals surface area (Å²) in [6.07, 6.45) is -5.32. The highest BCUT2D eigenvalue weighted by Crippen LogP contribution is 2.24. The van der Waals surface area contributed by atoms with E-state index in [0.717, 1.165) is 0 Å². The molecule has 0 aromatic heterocycles. The molecule has 100 valence electrons. The molecule has 0 heterocycles. The second-order valence-corrected chi connectivity index (χ2v) is 4.30. The Morgan fingerprint density at radius 1 is 1.33 bits per heavy atom. The van der Waals surface area contributed by atoms with Crippen LogP contribution in [0.25, 0.3) is 0 Å². The maximum atomic E-state index is 11.9. The zero-order chi connectivity index (χ0) is 13.8. The molecule has 0 saturated heterocycles. The number of carbonyl (C=O) groups is 1. The summed E-state index contributed by atoms with van der Waals surface area (Å²) in [6.45, 7) is -0.499. The van der Waals surface area contributed by atoms with E-state index in [0.29, 0.717) is 4.47 Å². The number of esters is 1. The van der Waals surface area contributed by atoms with Crippen LogP contribution in [0.2, 0.25) is 0 Å². The third kappa shape index (κ3) is 4.95. The van der Waals surface area contributed by atoms with Gasteiger partial charge in [0, 0.05) is 4.47 Å². The van der Waals surface area contributed by atoms with Crippen LogP contribution >= 0.6 is 15.9 Å². The second-order valence-electron chi connectivity index (χ2n) is 3.38. The molecule has 0 saturated carbocycles. The van der Waals surface area contributed by atoms with Gasteiger partial charge in [-0.15, -0.1) is 0 Å². The predicted molar refractivity (Wildman–Crippen MR) is 61.6 cm³/mol. The minimum absolute atomic E-state index is 0.175. The highest BCUT2D eigenvalue weighted by Gasteiger charge is 2.26. The van der Waals surface area contributed by atoms with Crippen LogP contribution in [0.3, 0.4) is 0 Å². The quantitative estimate of drug-likeness (QED) is 0.793. The molecule has 0 spiro atoms. The minimum atomic E-state index is -4.27. The summed E-state index contributed by atoms with van der Waals surface area (Å²) < 4.78 is 45.8. The van der Waals surface area contributed by atoms with Crippen molar-refractivity contribution < 1.29 is 27.4 Å². The number of methoxy groups -OCH3 is 1. The lowest BCUT2D eigenvalue weighted by Gasteiger charge is -2.10. The van der Waals surface area contributed by atoms with E-state index in [1.807, 2.05) is 0 Å². The Bertz CT molecular complexity index is 432. The number of hydrogen-bond donors (Lipinski definition) is 0. The fraction of sp³-hybridized carbons (Fsp3) is 0.364. The molecule has 7 heteroatoms. The molecule has 1 aromatic carbocycles. The van der Waals surface area contributed by atoms with Crippen LogP contribution < -0.4 is 4.74 Å². The van der Waals surface area contributed by atoms with Crippen LogP contribution in [-0.4, -0.2) is 25.9 Å². The van der Waals surface area contributed by atoms with Gasteiger partial charge in [0.25, 0.3) is 0 Å². The summed E-state index contributed by atoms with van der Waals surface area (Å²) in [5.74, 6) is -0.411. The molecule has 0 aliphatic rings. The second kappa shape index (κ2) is 6.08. The smallest absolute Gasteiger partial charge is 0.392 e. The van der Waals surface area contributed by atoms with Gasteiger partial charge in [-0.05, 0) is 18.2 Å². The average Bonchev–Trinajstić information content (AvgIpc) is 2.25. The third-order valence-corrected chi connectivity index (χ3v) is 2.40. The Morgan fingerprint density at radius 2 is 2.00 bits per heavy atom. The monoisotopic (exact) mass is 326 g/mol. The maximum Gasteiger partial charge on any atom is 0.392 e. The average molecular weight is 327 g/mol. The zero-order valence-corrected chi connectivity index (χ0v) is 11.0. The fourth-order valence-electron chi connectivity index (χ4n) is 1.17. The van der Waals surface area contributed by atoms with Gasteiger partial charge in [0.1, 0.15) is 5.75 Å². The van der Waals surface area contributed by atoms with Gasteiger partial charge in [0.15, 0.2) is 0 Å². The summed E-state index contributed by atoms with van der Waals surface area (Å²) >= 11 is 3.13. The standard InChI is InChI=1S/C11H10BrF3O3/c1-17-10(16)7-4-8(12)6-9(5-7)18-3-2-11(13,14)15/h4-6H,2-3H2,1H3. The van der Waals surface area contributed by atoms with E-state index >= 15 is 0 Å². The molecule has 1 rings (SSSR count). The van der Waals surface area contributed by atoms with Gasteiger partial charge >= 0.3 is 12.1 Å². The van der Waals surface area contributed by atoms with Crippen molar-refractivity contribution in [2.75, 3.05) is 13.7 Å². The molecule has 1 aromatic rings. The number of alkyl halides is 3. The van der Waals surface area contributed by atoms with Crippen molar-refractivity contribution >= 4 is 21.9 Å². The van der Waals surface area contributed by atoms with Crippen LogP contribution in [-0.2, 0) is 4.74 Å². The van der Waals surface area contributed by atoms with Crippen LogP contribution in [0.5, 0.6) is 5.75 Å². The van der Waals surface area contributed by atoms with Crippen molar-refractivity contribution in [2.24, 2.45) is 0 Å². The lowest BCUT2D eigenvalue weighted by molar-refractivity contribution is -0.139. The molecule has 0 unspecified atom stereocenters. The van der Waals surface area contributed by atoms with Crippen molar-refractivity contribution in [3.63, 3.8) is 0 Å². The molecule has 18 heavy (non-hydrogen) atoms. The molecule has 0 fully saturated rings. The van der Waals surface area contributed by atoms with E-state index in [-0.39, 0.29) is 11.3 Å². The summed E-state index contributed by atoms with van der Waals surface area (Å²) in [5, 5.41) is 0. The van der Waals surface area contributed by atoms with Crippen molar-refractivity contribution in [3.05, 3.63) is 28.2 Å². The topological polar surface area (TPSA) is 35.5 Å². The molecule has 3 nitrogen and oxygen atoms in total. The van der Waals surface area contributed by atoms with Crippen LogP contribution in [0.4, 0.5) is 13.2 Å². The normalized spacial score (nSPS) is 11.2. The van der Waals surface area contributed by atoms with Crippen molar-refractivity contribution in [1.29, 1.82) is 0 Å². The summed E-state index contributed by atoms with van der Waals surface area (Å²) in [5.41, 5.74) is 0.203. The van der Waals surface area contributed by atoms with Gasteiger partial charge in [-0.3, -0.25) is 0 Å². The Hall–Kier alpha value is -1.24. The predicted octanol–water partition coefficient (Wildman–Crippen LogP) is 3.57. The van der Waals surface area contributed by atoms with Gasteiger partial charge in [-0.2, -0.15) is 13.2 Å². The van der Waals surface area contributed by atoms with Crippen LogP contribution in [0, 0.1) is 0 Å². The maximum absolute atomic E-state index is 11.9. The van der Waals surface area contributed by atoms with E-state index in [1.165, 1.54) is 25.3 Å². The lowest BCUT2D eigenvalue weighted by atomic mass is 10.2. The first-order valence-corrected chi connectivity index (χ1v) is 5.69. The molecule has 0 aliphatic carbocycles. The number of rotatable bonds is 4. The third-order valence-electron chi connectivity index (χ3n) is 1.95. The molecule has 0 aliphatic heterocycles. The van der Waals surface area contributed by atoms with Crippen LogP contribution in [0.15, 0.2) is 22.7 Å². The first kappa shape index (κ1) is 14.8. The largest absolute Gasteiger partial charge is 0.493 e. The van der Waals surface area contributed by atoms with Gasteiger partial charge in [-0.25, -0.2) is 4.79 Å². The first-order valence-electron chi connectivity index (χ1n) is 4.90. The van der Waals surface area contributed by atoms with E-state index in [2.05, 4.69) is 20.7 Å². The van der Waals surface area contributed by atoms with E-state index in [9.17, 15) is 18.0 Å². The van der Waals surface area contributed by atoms with Crippen molar-refractivity contribution in [3.8, 4) is 5.75 Å². The van der Waals surface area contributed by atoms with Crippen molar-refractivity contribution in [2.45, 2.75) is 12.6 Å². The van der Waals surface area contributed by atoms with Gasteiger partial charge in [0.2, 0.25) is 0 Å².